The van der Waals surface area contributed by atoms with Crippen molar-refractivity contribution in [2.45, 2.75) is 38.9 Å². The van der Waals surface area contributed by atoms with Crippen LogP contribution in [0.2, 0.25) is 0 Å². The number of rotatable bonds is 9. The van der Waals surface area contributed by atoms with Crippen LogP contribution in [0.3, 0.4) is 0 Å². The van der Waals surface area contributed by atoms with E-state index in [2.05, 4.69) is 10.6 Å². The number of nitrogens with zero attached hydrogens (tertiary/aromatic N) is 2. The lowest BCUT2D eigenvalue weighted by atomic mass is 10.1. The number of para-hydroxylation sites is 1. The molecule has 4 rings (SSSR count). The Morgan fingerprint density at radius 3 is 2.35 bits per heavy atom. The Bertz CT molecular complexity index is 1340. The van der Waals surface area contributed by atoms with Gasteiger partial charge in [0.15, 0.2) is 5.78 Å². The summed E-state index contributed by atoms with van der Waals surface area (Å²) in [5.41, 5.74) is 6.36. The van der Waals surface area contributed by atoms with E-state index in [1.165, 1.54) is 4.57 Å². The van der Waals surface area contributed by atoms with Crippen LogP contribution in [0.5, 0.6) is 0 Å². The zero-order valence-corrected chi connectivity index (χ0v) is 18.9. The quantitative estimate of drug-likeness (QED) is 0.417. The molecule has 1 aliphatic carbocycles. The fraction of sp³-hybridized carbons (Fsp3) is 0.280. The second-order valence-corrected chi connectivity index (χ2v) is 8.23. The third-order valence-corrected chi connectivity index (χ3v) is 5.77. The fourth-order valence-electron chi connectivity index (χ4n) is 3.76. The lowest BCUT2D eigenvalue weighted by Gasteiger charge is -2.16. The molecule has 1 saturated carbocycles. The summed E-state index contributed by atoms with van der Waals surface area (Å²) in [6, 6.07) is 16.2. The number of hydrogen-bond donors (Lipinski definition) is 3. The van der Waals surface area contributed by atoms with Crippen LogP contribution in [0.15, 0.2) is 64.2 Å². The van der Waals surface area contributed by atoms with Crippen LogP contribution in [-0.4, -0.2) is 33.4 Å². The van der Waals surface area contributed by atoms with Crippen LogP contribution in [-0.2, 0) is 13.1 Å². The predicted molar refractivity (Wildman–Crippen MR) is 130 cm³/mol. The summed E-state index contributed by atoms with van der Waals surface area (Å²) in [6.45, 7) is 1.63. The van der Waals surface area contributed by atoms with Gasteiger partial charge in [0.25, 0.3) is 11.5 Å². The third kappa shape index (κ3) is 4.78. The van der Waals surface area contributed by atoms with Crippen molar-refractivity contribution >= 4 is 23.2 Å². The zero-order valence-electron chi connectivity index (χ0n) is 18.9. The summed E-state index contributed by atoms with van der Waals surface area (Å²) < 4.78 is 2.24. The number of hydrogen-bond acceptors (Lipinski definition) is 6. The molecule has 1 fully saturated rings. The van der Waals surface area contributed by atoms with Crippen molar-refractivity contribution in [1.82, 2.24) is 14.5 Å². The lowest BCUT2D eigenvalue weighted by Crippen LogP contribution is -2.44. The van der Waals surface area contributed by atoms with Gasteiger partial charge in [0.2, 0.25) is 0 Å². The molecular weight excluding hydrogens is 434 g/mol. The number of amides is 1. The van der Waals surface area contributed by atoms with Gasteiger partial charge < -0.3 is 16.4 Å². The number of carbonyl (C=O) groups excluding carboxylic acids is 2. The first-order valence-electron chi connectivity index (χ1n) is 11.2. The maximum absolute atomic E-state index is 13.1. The SMILES string of the molecule is CCn1c(=O)c(C(=O)CNc2ccccc2C(=O)NC2CC2)c(N)n(Cc2ccccc2)c1=O. The van der Waals surface area contributed by atoms with Gasteiger partial charge in [-0.1, -0.05) is 42.5 Å². The first-order valence-corrected chi connectivity index (χ1v) is 11.2. The lowest BCUT2D eigenvalue weighted by molar-refractivity contribution is 0.0949. The molecule has 1 heterocycles. The van der Waals surface area contributed by atoms with Crippen LogP contribution in [0.1, 0.15) is 46.0 Å². The molecule has 3 aromatic rings. The van der Waals surface area contributed by atoms with Crippen LogP contribution < -0.4 is 27.6 Å². The summed E-state index contributed by atoms with van der Waals surface area (Å²) >= 11 is 0. The van der Waals surface area contributed by atoms with Crippen molar-refractivity contribution in [1.29, 1.82) is 0 Å². The molecule has 0 bridgehead atoms. The summed E-state index contributed by atoms with van der Waals surface area (Å²) in [5.74, 6) is -0.957. The Morgan fingerprint density at radius 2 is 1.68 bits per heavy atom. The van der Waals surface area contributed by atoms with Crippen LogP contribution in [0.25, 0.3) is 0 Å². The maximum Gasteiger partial charge on any atom is 0.332 e. The molecule has 34 heavy (non-hydrogen) atoms. The highest BCUT2D eigenvalue weighted by molar-refractivity contribution is 6.04. The Morgan fingerprint density at radius 1 is 1.00 bits per heavy atom. The molecule has 2 aromatic carbocycles. The third-order valence-electron chi connectivity index (χ3n) is 5.77. The van der Waals surface area contributed by atoms with Gasteiger partial charge in [-0.15, -0.1) is 0 Å². The van der Waals surface area contributed by atoms with E-state index < -0.39 is 17.0 Å². The largest absolute Gasteiger partial charge is 0.384 e. The normalized spacial score (nSPS) is 12.9. The van der Waals surface area contributed by atoms with E-state index in [0.29, 0.717) is 11.3 Å². The van der Waals surface area contributed by atoms with Gasteiger partial charge in [-0.05, 0) is 37.5 Å². The topological polar surface area (TPSA) is 128 Å². The van der Waals surface area contributed by atoms with Gasteiger partial charge in [0.05, 0.1) is 18.7 Å². The number of Topliss-reactive ketones (excluding diaryl/α,β-unsaturated/α-hetero) is 1. The number of nitrogen functional groups attached to an aromatic ring is 1. The average Bonchev–Trinajstić information content (AvgIpc) is 3.65. The molecule has 1 aromatic heterocycles. The van der Waals surface area contributed by atoms with Gasteiger partial charge in [0.1, 0.15) is 11.4 Å². The van der Waals surface area contributed by atoms with E-state index >= 15 is 0 Å². The first kappa shape index (κ1) is 23.0. The monoisotopic (exact) mass is 461 g/mol. The minimum absolute atomic E-state index is 0.102. The summed E-state index contributed by atoms with van der Waals surface area (Å²) in [7, 11) is 0. The van der Waals surface area contributed by atoms with Crippen LogP contribution in [0.4, 0.5) is 11.5 Å². The minimum Gasteiger partial charge on any atom is -0.384 e. The van der Waals surface area contributed by atoms with Crippen molar-refractivity contribution in [3.8, 4) is 0 Å². The molecule has 0 spiro atoms. The summed E-state index contributed by atoms with van der Waals surface area (Å²) in [6.07, 6.45) is 1.92. The van der Waals surface area contributed by atoms with Crippen LogP contribution >= 0.6 is 0 Å². The van der Waals surface area contributed by atoms with Crippen molar-refractivity contribution < 1.29 is 9.59 Å². The molecule has 0 unspecified atom stereocenters. The van der Waals surface area contributed by atoms with Crippen molar-refractivity contribution in [2.24, 2.45) is 0 Å². The minimum atomic E-state index is -0.721. The number of nitrogens with one attached hydrogen (secondary N) is 2. The van der Waals surface area contributed by atoms with Gasteiger partial charge in [0, 0.05) is 18.3 Å². The van der Waals surface area contributed by atoms with E-state index in [0.717, 1.165) is 23.0 Å². The van der Waals surface area contributed by atoms with Crippen molar-refractivity contribution in [3.63, 3.8) is 0 Å². The standard InChI is InChI=1S/C25H27N5O4/c1-2-29-24(33)21(22(26)30(25(29)34)15-16-8-4-3-5-9-16)20(31)14-27-19-11-7-6-10-18(19)23(32)28-17-12-13-17/h3-11,17,27H,2,12-15,26H2,1H3,(H,28,32). The summed E-state index contributed by atoms with van der Waals surface area (Å²) in [4.78, 5) is 51.5. The second kappa shape index (κ2) is 9.78. The van der Waals surface area contributed by atoms with Gasteiger partial charge in [-0.25, -0.2) is 4.79 Å². The molecule has 1 amide bonds. The van der Waals surface area contributed by atoms with E-state index in [4.69, 9.17) is 5.73 Å². The van der Waals surface area contributed by atoms with E-state index in [-0.39, 0.29) is 43.0 Å². The Balaban J connectivity index is 1.62. The first-order chi connectivity index (χ1) is 16.4. The Labute approximate surface area is 196 Å². The van der Waals surface area contributed by atoms with Gasteiger partial charge in [-0.3, -0.25) is 23.5 Å². The number of carbonyl (C=O) groups is 2. The van der Waals surface area contributed by atoms with E-state index in [9.17, 15) is 19.2 Å². The maximum atomic E-state index is 13.1. The highest BCUT2D eigenvalue weighted by atomic mass is 16.2. The summed E-state index contributed by atoms with van der Waals surface area (Å²) in [5, 5.41) is 5.89. The second-order valence-electron chi connectivity index (χ2n) is 8.23. The molecule has 0 atom stereocenters. The molecule has 0 aliphatic heterocycles. The molecule has 0 saturated heterocycles. The number of aromatic nitrogens is 2. The Hall–Kier alpha value is -4.14. The number of benzene rings is 2. The molecule has 4 N–H and O–H groups in total. The smallest absolute Gasteiger partial charge is 0.332 e. The highest BCUT2D eigenvalue weighted by Gasteiger charge is 2.26. The average molecular weight is 462 g/mol. The molecule has 9 heteroatoms. The highest BCUT2D eigenvalue weighted by Crippen LogP contribution is 2.21. The van der Waals surface area contributed by atoms with Crippen molar-refractivity contribution in [3.05, 3.63) is 92.1 Å². The number of nitrogens with two attached hydrogens (primary N) is 1. The van der Waals surface area contributed by atoms with E-state index in [1.807, 2.05) is 30.3 Å². The number of ketones is 1. The fourth-order valence-corrected chi connectivity index (χ4v) is 3.76. The van der Waals surface area contributed by atoms with Crippen molar-refractivity contribution in [2.75, 3.05) is 17.6 Å². The van der Waals surface area contributed by atoms with E-state index in [1.54, 1.807) is 31.2 Å². The zero-order chi connectivity index (χ0) is 24.2. The van der Waals surface area contributed by atoms with Gasteiger partial charge in [-0.2, -0.15) is 0 Å². The predicted octanol–water partition coefficient (Wildman–Crippen LogP) is 1.85. The molecule has 1 aliphatic rings. The Kier molecular flexibility index (Phi) is 6.62. The number of anilines is 2. The molecule has 176 valence electrons. The van der Waals surface area contributed by atoms with Gasteiger partial charge >= 0.3 is 5.69 Å². The molecule has 9 nitrogen and oxygen atoms in total. The molecular formula is C25H27N5O4. The van der Waals surface area contributed by atoms with Crippen LogP contribution in [0, 0.1) is 0 Å². The molecule has 0 radical (unpaired) electrons.